The van der Waals surface area contributed by atoms with E-state index in [9.17, 15) is 4.79 Å². The van der Waals surface area contributed by atoms with Crippen molar-refractivity contribution in [3.8, 4) is 0 Å². The fourth-order valence-corrected chi connectivity index (χ4v) is 6.27. The molecule has 0 amide bonds. The molecule has 0 spiro atoms. The molecule has 34 heavy (non-hydrogen) atoms. The van der Waals surface area contributed by atoms with Crippen LogP contribution in [0.1, 0.15) is 136 Å². The van der Waals surface area contributed by atoms with E-state index in [1.165, 1.54) is 84.2 Å². The molecule has 0 heterocycles. The van der Waals surface area contributed by atoms with E-state index in [0.717, 1.165) is 38.5 Å². The molecule has 0 aliphatic carbocycles. The van der Waals surface area contributed by atoms with E-state index in [-0.39, 0.29) is 5.20 Å². The largest absolute Gasteiger partial charge is 0.544 e. The Morgan fingerprint density at radius 2 is 0.853 bits per heavy atom. The van der Waals surface area contributed by atoms with Gasteiger partial charge in [-0.05, 0) is 19.3 Å². The Labute approximate surface area is 212 Å². The van der Waals surface area contributed by atoms with E-state index >= 15 is 0 Å². The SMILES string of the molecule is C=C(C(=O)OC)[Si](OCCCCCCCC)(OCCCCCCCC)OCCCCCCCC. The Morgan fingerprint density at radius 3 is 1.15 bits per heavy atom. The summed E-state index contributed by atoms with van der Waals surface area (Å²) in [6, 6.07) is 0. The molecule has 0 bridgehead atoms. The zero-order valence-electron chi connectivity index (χ0n) is 23.1. The highest BCUT2D eigenvalue weighted by Gasteiger charge is 2.49. The second-order valence-electron chi connectivity index (χ2n) is 9.38. The van der Waals surface area contributed by atoms with Crippen molar-refractivity contribution >= 4 is 14.8 Å². The maximum absolute atomic E-state index is 12.5. The third kappa shape index (κ3) is 16.9. The number of rotatable bonds is 26. The molecule has 0 N–H and O–H groups in total. The Morgan fingerprint density at radius 1 is 0.559 bits per heavy atom. The first-order valence-corrected chi connectivity index (χ1v) is 16.0. The van der Waals surface area contributed by atoms with Crippen LogP contribution >= 0.6 is 0 Å². The molecule has 0 aliphatic heterocycles. The van der Waals surface area contributed by atoms with E-state index in [2.05, 4.69) is 27.4 Å². The van der Waals surface area contributed by atoms with Crippen molar-refractivity contribution in [1.29, 1.82) is 0 Å². The molecule has 0 saturated carbocycles. The summed E-state index contributed by atoms with van der Waals surface area (Å²) in [5.41, 5.74) is 0. The highest BCUT2D eigenvalue weighted by molar-refractivity contribution is 6.73. The van der Waals surface area contributed by atoms with Gasteiger partial charge >= 0.3 is 14.8 Å². The van der Waals surface area contributed by atoms with E-state index in [4.69, 9.17) is 18.0 Å². The van der Waals surface area contributed by atoms with Gasteiger partial charge in [-0.25, -0.2) is 4.79 Å². The molecule has 0 saturated heterocycles. The second kappa shape index (κ2) is 24.0. The maximum Gasteiger partial charge on any atom is 0.544 e. The fourth-order valence-electron chi connectivity index (χ4n) is 3.90. The summed E-state index contributed by atoms with van der Waals surface area (Å²) in [5, 5.41) is 0.234. The minimum atomic E-state index is -3.38. The van der Waals surface area contributed by atoms with Crippen molar-refractivity contribution in [2.24, 2.45) is 0 Å². The zero-order valence-corrected chi connectivity index (χ0v) is 24.1. The van der Waals surface area contributed by atoms with Crippen molar-refractivity contribution in [2.45, 2.75) is 136 Å². The lowest BCUT2D eigenvalue weighted by molar-refractivity contribution is -0.136. The molecular weight excluding hydrogens is 444 g/mol. The number of esters is 1. The predicted molar refractivity (Wildman–Crippen MR) is 145 cm³/mol. The summed E-state index contributed by atoms with van der Waals surface area (Å²) in [5.74, 6) is -0.486. The van der Waals surface area contributed by atoms with Gasteiger partial charge in [0.1, 0.15) is 5.20 Å². The molecule has 0 aromatic carbocycles. The third-order valence-electron chi connectivity index (χ3n) is 6.17. The Bertz CT molecular complexity index is 438. The first-order chi connectivity index (χ1) is 16.6. The molecule has 0 aliphatic rings. The topological polar surface area (TPSA) is 54.0 Å². The molecule has 202 valence electrons. The number of unbranched alkanes of at least 4 members (excludes halogenated alkanes) is 15. The van der Waals surface area contributed by atoms with Gasteiger partial charge in [0.05, 0.1) is 7.11 Å². The quantitative estimate of drug-likeness (QED) is 0.0517. The normalized spacial score (nSPS) is 11.6. The summed E-state index contributed by atoms with van der Waals surface area (Å²) in [6.07, 6.45) is 21.1. The molecule has 5 nitrogen and oxygen atoms in total. The first kappa shape index (κ1) is 33.3. The van der Waals surface area contributed by atoms with Crippen LogP contribution in [0.5, 0.6) is 0 Å². The van der Waals surface area contributed by atoms with Crippen LogP contribution in [0.15, 0.2) is 11.8 Å². The number of carbonyl (C=O) groups excluding carboxylic acids is 1. The summed E-state index contributed by atoms with van der Waals surface area (Å²) < 4.78 is 23.9. The van der Waals surface area contributed by atoms with Crippen molar-refractivity contribution in [3.05, 3.63) is 11.8 Å². The smallest absolute Gasteiger partial charge is 0.466 e. The molecule has 0 fully saturated rings. The van der Waals surface area contributed by atoms with Crippen LogP contribution in [0.3, 0.4) is 0 Å². The molecule has 6 heteroatoms. The van der Waals surface area contributed by atoms with Crippen LogP contribution < -0.4 is 0 Å². The monoisotopic (exact) mass is 500 g/mol. The van der Waals surface area contributed by atoms with Crippen LogP contribution in [-0.4, -0.2) is 41.7 Å². The van der Waals surface area contributed by atoms with Crippen LogP contribution in [0, 0.1) is 0 Å². The minimum absolute atomic E-state index is 0.234. The zero-order chi connectivity index (χ0) is 25.3. The Kier molecular flexibility index (Phi) is 23.5. The highest BCUT2D eigenvalue weighted by Crippen LogP contribution is 2.23. The van der Waals surface area contributed by atoms with Crippen molar-refractivity contribution in [2.75, 3.05) is 26.9 Å². The lowest BCUT2D eigenvalue weighted by Gasteiger charge is -2.30. The Balaban J connectivity index is 4.94. The first-order valence-electron chi connectivity index (χ1n) is 14.3. The number of ether oxygens (including phenoxy) is 1. The number of hydrogen-bond acceptors (Lipinski definition) is 5. The molecule has 0 rings (SSSR count). The maximum atomic E-state index is 12.5. The summed E-state index contributed by atoms with van der Waals surface area (Å²) in [4.78, 5) is 12.5. The van der Waals surface area contributed by atoms with Crippen LogP contribution in [-0.2, 0) is 22.8 Å². The van der Waals surface area contributed by atoms with Gasteiger partial charge in [0.2, 0.25) is 0 Å². The summed E-state index contributed by atoms with van der Waals surface area (Å²) >= 11 is 0. The predicted octanol–water partition coefficient (Wildman–Crippen LogP) is 8.33. The van der Waals surface area contributed by atoms with Gasteiger partial charge < -0.3 is 18.0 Å². The third-order valence-corrected chi connectivity index (χ3v) is 8.87. The van der Waals surface area contributed by atoms with Crippen molar-refractivity contribution in [3.63, 3.8) is 0 Å². The van der Waals surface area contributed by atoms with E-state index < -0.39 is 14.8 Å². The summed E-state index contributed by atoms with van der Waals surface area (Å²) in [6.45, 7) is 12.3. The van der Waals surface area contributed by atoms with Gasteiger partial charge in [0.15, 0.2) is 0 Å². The van der Waals surface area contributed by atoms with Crippen molar-refractivity contribution in [1.82, 2.24) is 0 Å². The van der Waals surface area contributed by atoms with Gasteiger partial charge in [0.25, 0.3) is 0 Å². The molecule has 0 radical (unpaired) electrons. The highest BCUT2D eigenvalue weighted by atomic mass is 28.4. The van der Waals surface area contributed by atoms with Gasteiger partial charge in [-0.1, -0.05) is 124 Å². The van der Waals surface area contributed by atoms with E-state index in [0.29, 0.717) is 19.8 Å². The molecule has 0 aromatic rings. The average Bonchev–Trinajstić information content (AvgIpc) is 2.85. The number of hydrogen-bond donors (Lipinski definition) is 0. The number of methoxy groups -OCH3 is 1. The summed E-state index contributed by atoms with van der Waals surface area (Å²) in [7, 11) is -2.00. The lowest BCUT2D eigenvalue weighted by atomic mass is 10.1. The average molecular weight is 501 g/mol. The standard InChI is InChI=1S/C28H56O5Si/c1-6-9-12-15-18-21-24-31-34(27(4)28(29)30-5,32-25-22-19-16-13-10-7-2)33-26-23-20-17-14-11-8-3/h4,6-26H2,1-3,5H3. The van der Waals surface area contributed by atoms with Gasteiger partial charge in [-0.2, -0.15) is 0 Å². The molecular formula is C28H56O5Si. The minimum Gasteiger partial charge on any atom is -0.466 e. The second-order valence-corrected chi connectivity index (χ2v) is 12.0. The Hall–Kier alpha value is -0.693. The fraction of sp³-hybridized carbons (Fsp3) is 0.893. The van der Waals surface area contributed by atoms with E-state index in [1.54, 1.807) is 0 Å². The van der Waals surface area contributed by atoms with Gasteiger partial charge in [-0.15, -0.1) is 0 Å². The molecule has 0 aromatic heterocycles. The lowest BCUT2D eigenvalue weighted by Crippen LogP contribution is -2.51. The van der Waals surface area contributed by atoms with Crippen LogP contribution in [0.4, 0.5) is 0 Å². The number of carbonyl (C=O) groups is 1. The van der Waals surface area contributed by atoms with Crippen LogP contribution in [0.2, 0.25) is 0 Å². The van der Waals surface area contributed by atoms with Crippen LogP contribution in [0.25, 0.3) is 0 Å². The van der Waals surface area contributed by atoms with E-state index in [1.807, 2.05) is 0 Å². The van der Waals surface area contributed by atoms with Gasteiger partial charge in [0, 0.05) is 19.8 Å². The molecule has 0 unspecified atom stereocenters. The molecule has 0 atom stereocenters. The van der Waals surface area contributed by atoms with Crippen molar-refractivity contribution < 1.29 is 22.8 Å². The van der Waals surface area contributed by atoms with Gasteiger partial charge in [-0.3, -0.25) is 0 Å².